The Morgan fingerprint density at radius 1 is 0.840 bits per heavy atom. The summed E-state index contributed by atoms with van der Waals surface area (Å²) in [5, 5.41) is 0. The van der Waals surface area contributed by atoms with Crippen molar-refractivity contribution in [3.8, 4) is 21.9 Å². The van der Waals surface area contributed by atoms with E-state index >= 15 is 0 Å². The zero-order valence-electron chi connectivity index (χ0n) is 14.9. The highest BCUT2D eigenvalue weighted by Gasteiger charge is 2.07. The molecule has 0 fully saturated rings. The van der Waals surface area contributed by atoms with E-state index in [4.69, 9.17) is 9.47 Å². The Morgan fingerprint density at radius 3 is 2.32 bits per heavy atom. The molecule has 3 aromatic rings. The lowest BCUT2D eigenvalue weighted by atomic mass is 10.2. The number of thiophene rings is 1. The van der Waals surface area contributed by atoms with E-state index in [0.29, 0.717) is 0 Å². The summed E-state index contributed by atoms with van der Waals surface area (Å²) in [6.07, 6.45) is 0. The van der Waals surface area contributed by atoms with E-state index < -0.39 is 0 Å². The summed E-state index contributed by atoms with van der Waals surface area (Å²) in [6.45, 7) is 1.81. The number of ether oxygens (including phenoxy) is 2. The second kappa shape index (κ2) is 8.19. The molecular formula is C21H23NO2S. The topological polar surface area (TPSA) is 21.7 Å². The fourth-order valence-corrected chi connectivity index (χ4v) is 3.88. The van der Waals surface area contributed by atoms with E-state index in [2.05, 4.69) is 48.3 Å². The molecule has 3 nitrogen and oxygen atoms in total. The van der Waals surface area contributed by atoms with Gasteiger partial charge in [0.1, 0.15) is 11.5 Å². The van der Waals surface area contributed by atoms with Gasteiger partial charge in [0.05, 0.1) is 14.2 Å². The summed E-state index contributed by atoms with van der Waals surface area (Å²) in [4.78, 5) is 4.93. The minimum absolute atomic E-state index is 0.891. The third-order valence-electron chi connectivity index (χ3n) is 4.03. The molecule has 0 N–H and O–H groups in total. The van der Waals surface area contributed by atoms with Crippen LogP contribution in [-0.2, 0) is 13.1 Å². The van der Waals surface area contributed by atoms with E-state index in [1.54, 1.807) is 14.2 Å². The molecule has 0 aliphatic heterocycles. The van der Waals surface area contributed by atoms with E-state index in [-0.39, 0.29) is 0 Å². The van der Waals surface area contributed by atoms with Crippen molar-refractivity contribution in [1.29, 1.82) is 0 Å². The molecule has 0 saturated carbocycles. The zero-order chi connectivity index (χ0) is 17.6. The molecule has 0 aliphatic rings. The Morgan fingerprint density at radius 2 is 1.56 bits per heavy atom. The van der Waals surface area contributed by atoms with Gasteiger partial charge < -0.3 is 9.47 Å². The first-order chi connectivity index (χ1) is 12.2. The van der Waals surface area contributed by atoms with Crippen molar-refractivity contribution in [2.24, 2.45) is 0 Å². The summed E-state index contributed by atoms with van der Waals surface area (Å²) in [7, 11) is 5.55. The molecule has 3 rings (SSSR count). The Labute approximate surface area is 153 Å². The average molecular weight is 353 g/mol. The fraction of sp³-hybridized carbons (Fsp3) is 0.238. The predicted molar refractivity (Wildman–Crippen MR) is 104 cm³/mol. The lowest BCUT2D eigenvalue weighted by molar-refractivity contribution is 0.321. The normalized spacial score (nSPS) is 10.9. The van der Waals surface area contributed by atoms with Crippen molar-refractivity contribution in [3.05, 3.63) is 71.1 Å². The van der Waals surface area contributed by atoms with E-state index in [1.165, 1.54) is 20.9 Å². The molecule has 4 heteroatoms. The van der Waals surface area contributed by atoms with Gasteiger partial charge in [-0.3, -0.25) is 4.90 Å². The highest BCUT2D eigenvalue weighted by atomic mass is 32.1. The van der Waals surface area contributed by atoms with Gasteiger partial charge in [0.15, 0.2) is 0 Å². The maximum absolute atomic E-state index is 5.32. The molecule has 0 bridgehead atoms. The van der Waals surface area contributed by atoms with Crippen LogP contribution in [0, 0.1) is 0 Å². The second-order valence-electron chi connectivity index (χ2n) is 6.02. The molecule has 0 atom stereocenters. The minimum Gasteiger partial charge on any atom is -0.497 e. The van der Waals surface area contributed by atoms with Crippen LogP contribution in [0.2, 0.25) is 0 Å². The number of rotatable bonds is 7. The lowest BCUT2D eigenvalue weighted by Gasteiger charge is -2.16. The number of nitrogens with zero attached hydrogens (tertiary/aromatic N) is 1. The molecule has 1 heterocycles. The average Bonchev–Trinajstić information content (AvgIpc) is 3.10. The second-order valence-corrected chi connectivity index (χ2v) is 7.19. The lowest BCUT2D eigenvalue weighted by Crippen LogP contribution is -2.16. The Kier molecular flexibility index (Phi) is 5.74. The van der Waals surface area contributed by atoms with E-state index in [0.717, 1.165) is 24.6 Å². The van der Waals surface area contributed by atoms with Crippen LogP contribution in [0.4, 0.5) is 0 Å². The third kappa shape index (κ3) is 4.62. The summed E-state index contributed by atoms with van der Waals surface area (Å²) in [5.74, 6) is 1.80. The summed E-state index contributed by atoms with van der Waals surface area (Å²) >= 11 is 1.83. The molecular weight excluding hydrogens is 330 g/mol. The van der Waals surface area contributed by atoms with Crippen molar-refractivity contribution in [3.63, 3.8) is 0 Å². The van der Waals surface area contributed by atoms with Gasteiger partial charge in [0.25, 0.3) is 0 Å². The summed E-state index contributed by atoms with van der Waals surface area (Å²) in [5.41, 5.74) is 2.46. The van der Waals surface area contributed by atoms with Crippen LogP contribution in [0.15, 0.2) is 60.7 Å². The Hall–Kier alpha value is -2.30. The first kappa shape index (κ1) is 17.5. The van der Waals surface area contributed by atoms with Gasteiger partial charge in [-0.2, -0.15) is 0 Å². The fourth-order valence-electron chi connectivity index (χ4n) is 2.80. The number of hydrogen-bond donors (Lipinski definition) is 0. The van der Waals surface area contributed by atoms with Crippen LogP contribution in [-0.4, -0.2) is 26.2 Å². The van der Waals surface area contributed by atoms with Crippen molar-refractivity contribution >= 4 is 11.3 Å². The van der Waals surface area contributed by atoms with Crippen LogP contribution >= 0.6 is 11.3 Å². The molecule has 25 heavy (non-hydrogen) atoms. The molecule has 0 radical (unpaired) electrons. The largest absolute Gasteiger partial charge is 0.497 e. The molecule has 130 valence electrons. The molecule has 0 unspecified atom stereocenters. The summed E-state index contributed by atoms with van der Waals surface area (Å²) < 4.78 is 10.6. The van der Waals surface area contributed by atoms with Gasteiger partial charge in [-0.15, -0.1) is 11.3 Å². The maximum Gasteiger partial charge on any atom is 0.119 e. The van der Waals surface area contributed by atoms with Crippen LogP contribution < -0.4 is 9.47 Å². The number of hydrogen-bond acceptors (Lipinski definition) is 4. The minimum atomic E-state index is 0.891. The highest BCUT2D eigenvalue weighted by molar-refractivity contribution is 7.15. The molecule has 0 spiro atoms. The molecule has 2 aromatic carbocycles. The zero-order valence-corrected chi connectivity index (χ0v) is 15.7. The number of methoxy groups -OCH3 is 2. The third-order valence-corrected chi connectivity index (χ3v) is 5.15. The number of benzene rings is 2. The monoisotopic (exact) mass is 353 g/mol. The van der Waals surface area contributed by atoms with Gasteiger partial charge in [0, 0.05) is 22.8 Å². The van der Waals surface area contributed by atoms with E-state index in [1.807, 2.05) is 35.6 Å². The quantitative estimate of drug-likeness (QED) is 0.592. The smallest absolute Gasteiger partial charge is 0.119 e. The van der Waals surface area contributed by atoms with Crippen LogP contribution in [0.25, 0.3) is 10.4 Å². The van der Waals surface area contributed by atoms with Crippen molar-refractivity contribution in [2.45, 2.75) is 13.1 Å². The predicted octanol–water partition coefficient (Wildman–Crippen LogP) is 5.06. The Balaban J connectivity index is 1.66. The van der Waals surface area contributed by atoms with Gasteiger partial charge in [-0.05, 0) is 54.6 Å². The van der Waals surface area contributed by atoms with Crippen LogP contribution in [0.3, 0.4) is 0 Å². The highest BCUT2D eigenvalue weighted by Crippen LogP contribution is 2.31. The van der Waals surface area contributed by atoms with Gasteiger partial charge in [0.2, 0.25) is 0 Å². The van der Waals surface area contributed by atoms with E-state index in [9.17, 15) is 0 Å². The molecule has 0 amide bonds. The SMILES string of the molecule is COc1cccc(CN(C)Cc2ccc(-c3cccc(OC)c3)s2)c1. The van der Waals surface area contributed by atoms with Crippen LogP contribution in [0.1, 0.15) is 10.4 Å². The summed E-state index contributed by atoms with van der Waals surface area (Å²) in [6, 6.07) is 20.8. The standard InChI is InChI=1S/C21H23NO2S/c1-22(14-16-6-4-8-18(12-16)23-2)15-20-10-11-21(25-20)17-7-5-9-19(13-17)24-3/h4-13H,14-15H2,1-3H3. The van der Waals surface area contributed by atoms with Crippen molar-refractivity contribution in [2.75, 3.05) is 21.3 Å². The van der Waals surface area contributed by atoms with Crippen molar-refractivity contribution in [1.82, 2.24) is 4.90 Å². The maximum atomic E-state index is 5.32. The van der Waals surface area contributed by atoms with Gasteiger partial charge >= 0.3 is 0 Å². The molecule has 0 saturated heterocycles. The van der Waals surface area contributed by atoms with Crippen molar-refractivity contribution < 1.29 is 9.47 Å². The molecule has 0 aliphatic carbocycles. The van der Waals surface area contributed by atoms with Gasteiger partial charge in [-0.1, -0.05) is 24.3 Å². The Bertz CT molecular complexity index is 828. The molecule has 1 aromatic heterocycles. The first-order valence-corrected chi connectivity index (χ1v) is 9.04. The first-order valence-electron chi connectivity index (χ1n) is 8.22. The van der Waals surface area contributed by atoms with Gasteiger partial charge in [-0.25, -0.2) is 0 Å². The van der Waals surface area contributed by atoms with Crippen LogP contribution in [0.5, 0.6) is 11.5 Å².